The van der Waals surface area contributed by atoms with E-state index in [0.29, 0.717) is 23.7 Å². The Morgan fingerprint density at radius 2 is 0.956 bits per heavy atom. The summed E-state index contributed by atoms with van der Waals surface area (Å²) < 4.78 is 3.90. The average molecular weight is 629 g/mol. The molecule has 0 amide bonds. The van der Waals surface area contributed by atoms with E-state index >= 15 is 0 Å². The molecule has 0 aliphatic rings. The number of imidazole rings is 2. The average Bonchev–Trinajstić information content (AvgIpc) is 3.42. The molecule has 0 radical (unpaired) electrons. The van der Waals surface area contributed by atoms with Gasteiger partial charge in [-0.05, 0) is 79.5 Å². The van der Waals surface area contributed by atoms with Gasteiger partial charge < -0.3 is 0 Å². The van der Waals surface area contributed by atoms with Crippen molar-refractivity contribution in [1.29, 1.82) is 0 Å². The van der Waals surface area contributed by atoms with Gasteiger partial charge in [0, 0.05) is 0 Å². The third kappa shape index (κ3) is 14.5. The Morgan fingerprint density at radius 1 is 0.511 bits per heavy atom. The second kappa shape index (κ2) is 21.9. The van der Waals surface area contributed by atoms with Crippen LogP contribution in [0.1, 0.15) is 190 Å². The predicted molar refractivity (Wildman–Crippen MR) is 204 cm³/mol. The summed E-state index contributed by atoms with van der Waals surface area (Å²) in [5, 5.41) is 9.32. The lowest BCUT2D eigenvalue weighted by Gasteiger charge is -2.12. The maximum Gasteiger partial charge on any atom is 0.157 e. The van der Waals surface area contributed by atoms with Crippen molar-refractivity contribution >= 4 is 11.3 Å². The van der Waals surface area contributed by atoms with Crippen LogP contribution in [0.5, 0.6) is 0 Å². The highest BCUT2D eigenvalue weighted by Gasteiger charge is 2.18. The Morgan fingerprint density at radius 3 is 1.36 bits per heavy atom. The van der Waals surface area contributed by atoms with Crippen molar-refractivity contribution < 1.29 is 0 Å². The van der Waals surface area contributed by atoms with Crippen molar-refractivity contribution in [3.63, 3.8) is 0 Å². The Balaban J connectivity index is -0.000000284. The molecule has 0 bridgehead atoms. The molecule has 4 rings (SSSR count). The number of hydrogen-bond acceptors (Lipinski definition) is 4. The second-order valence-corrected chi connectivity index (χ2v) is 13.8. The molecule has 0 aromatic carbocycles. The van der Waals surface area contributed by atoms with Gasteiger partial charge in [0.25, 0.3) is 0 Å². The third-order valence-corrected chi connectivity index (χ3v) is 6.24. The second-order valence-electron chi connectivity index (χ2n) is 13.8. The minimum absolute atomic E-state index is 0. The molecule has 4 heterocycles. The molecule has 45 heavy (non-hydrogen) atoms. The van der Waals surface area contributed by atoms with E-state index in [-0.39, 0.29) is 29.7 Å². The van der Waals surface area contributed by atoms with E-state index in [0.717, 1.165) is 40.2 Å². The van der Waals surface area contributed by atoms with E-state index in [1.54, 1.807) is 0 Å². The van der Waals surface area contributed by atoms with Gasteiger partial charge >= 0.3 is 0 Å². The van der Waals surface area contributed by atoms with Gasteiger partial charge in [-0.15, -0.1) is 0 Å². The van der Waals surface area contributed by atoms with Crippen LogP contribution in [-0.2, 0) is 0 Å². The number of rotatable bonds is 4. The lowest BCUT2D eigenvalue weighted by Crippen LogP contribution is -2.07. The fourth-order valence-electron chi connectivity index (χ4n) is 4.01. The number of nitrogens with zero attached hydrogens (tertiary/aromatic N) is 6. The van der Waals surface area contributed by atoms with Gasteiger partial charge in [-0.3, -0.25) is 0 Å². The van der Waals surface area contributed by atoms with Crippen LogP contribution < -0.4 is 0 Å². The molecule has 0 fully saturated rings. The quantitative estimate of drug-likeness (QED) is 0.225. The van der Waals surface area contributed by atoms with Crippen molar-refractivity contribution in [2.45, 2.75) is 171 Å². The SMILES string of the molecule is C.C.C.C.CC(C)C.CC(C)C.CC(C)c1cn2nc(C(C)C)ccc2n1.Cc1c(C(C)C)nn2c(C)c(C(C)C)nc2c1C. The molecular formula is C39H76N6. The van der Waals surface area contributed by atoms with Gasteiger partial charge in [-0.1, -0.05) is 127 Å². The van der Waals surface area contributed by atoms with Crippen LogP contribution in [0.15, 0.2) is 18.3 Å². The molecule has 0 spiro atoms. The first-order valence-corrected chi connectivity index (χ1v) is 15.6. The highest BCUT2D eigenvalue weighted by atomic mass is 15.3. The minimum Gasteiger partial charge on any atom is -0.232 e. The van der Waals surface area contributed by atoms with E-state index in [2.05, 4.69) is 134 Å². The fraction of sp³-hybridized carbons (Fsp3) is 0.692. The van der Waals surface area contributed by atoms with Crippen molar-refractivity contribution in [3.05, 3.63) is 57.9 Å². The lowest BCUT2D eigenvalue weighted by molar-refractivity contribution is 0.736. The highest BCUT2D eigenvalue weighted by molar-refractivity contribution is 5.54. The summed E-state index contributed by atoms with van der Waals surface area (Å²) in [6.45, 7) is 36.7. The first-order chi connectivity index (χ1) is 18.9. The van der Waals surface area contributed by atoms with E-state index in [1.165, 1.54) is 22.5 Å². The van der Waals surface area contributed by atoms with Gasteiger partial charge in [0.1, 0.15) is 0 Å². The molecule has 0 saturated heterocycles. The number of fused-ring (bicyclic) bond motifs is 2. The maximum absolute atomic E-state index is 4.79. The largest absolute Gasteiger partial charge is 0.232 e. The van der Waals surface area contributed by atoms with Gasteiger partial charge in [0.15, 0.2) is 11.3 Å². The molecule has 0 unspecified atom stereocenters. The van der Waals surface area contributed by atoms with E-state index in [4.69, 9.17) is 10.1 Å². The van der Waals surface area contributed by atoms with Gasteiger partial charge in [0.05, 0.1) is 34.7 Å². The monoisotopic (exact) mass is 629 g/mol. The fourth-order valence-corrected chi connectivity index (χ4v) is 4.01. The van der Waals surface area contributed by atoms with Crippen molar-refractivity contribution in [2.75, 3.05) is 0 Å². The Labute approximate surface area is 280 Å². The molecule has 0 N–H and O–H groups in total. The van der Waals surface area contributed by atoms with Gasteiger partial charge in [0.2, 0.25) is 0 Å². The molecular weight excluding hydrogens is 552 g/mol. The Kier molecular flexibility index (Phi) is 23.9. The summed E-state index contributed by atoms with van der Waals surface area (Å²) in [4.78, 5) is 9.29. The van der Waals surface area contributed by atoms with Crippen LogP contribution >= 0.6 is 0 Å². The zero-order valence-electron chi connectivity index (χ0n) is 29.4. The van der Waals surface area contributed by atoms with Crippen molar-refractivity contribution in [2.24, 2.45) is 11.8 Å². The summed E-state index contributed by atoms with van der Waals surface area (Å²) in [7, 11) is 0. The highest BCUT2D eigenvalue weighted by Crippen LogP contribution is 2.26. The molecule has 0 saturated carbocycles. The first-order valence-electron chi connectivity index (χ1n) is 15.6. The standard InChI is InChI=1S/C15H23N3.C12H17N3.2C4H10.4CH4/c1-8(2)13-10(5)11(6)15-16-14(9(3)4)12(7)18(15)17-13;1-8(2)10-5-6-12-13-11(9(3)4)7-15(12)14-10;2*1-4(2)3;;;;/h8-9H,1-7H3;5-9H,1-4H3;2*4H,1-3H3;4*1H4. The topological polar surface area (TPSA) is 60.4 Å². The third-order valence-electron chi connectivity index (χ3n) is 6.24. The van der Waals surface area contributed by atoms with Crippen molar-refractivity contribution in [3.8, 4) is 0 Å². The zero-order chi connectivity index (χ0) is 31.8. The molecule has 0 aliphatic heterocycles. The van der Waals surface area contributed by atoms with E-state index in [9.17, 15) is 0 Å². The summed E-state index contributed by atoms with van der Waals surface area (Å²) >= 11 is 0. The van der Waals surface area contributed by atoms with E-state index in [1.807, 2.05) is 21.3 Å². The molecule has 262 valence electrons. The van der Waals surface area contributed by atoms with Crippen LogP contribution in [-0.4, -0.2) is 29.2 Å². The van der Waals surface area contributed by atoms with Crippen molar-refractivity contribution in [1.82, 2.24) is 29.2 Å². The lowest BCUT2D eigenvalue weighted by atomic mass is 10.0. The smallest absolute Gasteiger partial charge is 0.157 e. The Hall–Kier alpha value is -2.76. The maximum atomic E-state index is 4.79. The summed E-state index contributed by atoms with van der Waals surface area (Å²) in [6, 6.07) is 4.09. The van der Waals surface area contributed by atoms with E-state index < -0.39 is 0 Å². The van der Waals surface area contributed by atoms with Crippen LogP contribution in [0, 0.1) is 32.6 Å². The van der Waals surface area contributed by atoms with Gasteiger partial charge in [-0.25, -0.2) is 19.0 Å². The molecule has 6 nitrogen and oxygen atoms in total. The number of aromatic nitrogens is 6. The summed E-state index contributed by atoms with van der Waals surface area (Å²) in [6.07, 6.45) is 2.02. The predicted octanol–water partition coefficient (Wildman–Crippen LogP) is 12.7. The van der Waals surface area contributed by atoms with Crippen LogP contribution in [0.3, 0.4) is 0 Å². The normalized spacial score (nSPS) is 10.4. The molecule has 0 aliphatic carbocycles. The zero-order valence-corrected chi connectivity index (χ0v) is 29.4. The number of aryl methyl sites for hydroxylation is 2. The first kappa shape index (κ1) is 49.1. The molecule has 4 aromatic rings. The molecule has 4 aromatic heterocycles. The summed E-state index contributed by atoms with van der Waals surface area (Å²) in [5.74, 6) is 3.46. The number of hydrogen-bond donors (Lipinski definition) is 0. The minimum atomic E-state index is 0. The molecule has 0 atom stereocenters. The Bertz CT molecular complexity index is 1340. The summed E-state index contributed by atoms with van der Waals surface area (Å²) in [5.41, 5.74) is 10.2. The van der Waals surface area contributed by atoms with Crippen LogP contribution in [0.25, 0.3) is 11.3 Å². The molecule has 6 heteroatoms. The van der Waals surface area contributed by atoms with Crippen LogP contribution in [0.2, 0.25) is 0 Å². The van der Waals surface area contributed by atoms with Crippen LogP contribution in [0.4, 0.5) is 0 Å². The van der Waals surface area contributed by atoms with Gasteiger partial charge in [-0.2, -0.15) is 10.2 Å².